The van der Waals surface area contributed by atoms with Crippen molar-refractivity contribution in [1.82, 2.24) is 5.32 Å². The molecule has 0 fully saturated rings. The molecule has 1 aliphatic rings. The van der Waals surface area contributed by atoms with E-state index in [0.29, 0.717) is 17.0 Å². The molecule has 1 unspecified atom stereocenters. The van der Waals surface area contributed by atoms with Gasteiger partial charge in [-0.3, -0.25) is 10.1 Å². The number of hydrogen-bond acceptors (Lipinski definition) is 7. The van der Waals surface area contributed by atoms with Crippen LogP contribution in [0.1, 0.15) is 53.0 Å². The molecule has 0 bridgehead atoms. The van der Waals surface area contributed by atoms with Crippen molar-refractivity contribution in [2.45, 2.75) is 53.1 Å². The van der Waals surface area contributed by atoms with Crippen LogP contribution < -0.4 is 5.32 Å². The highest BCUT2D eigenvalue weighted by atomic mass is 16.6. The fourth-order valence-electron chi connectivity index (χ4n) is 3.47. The minimum Gasteiger partial charge on any atom is -0.458 e. The molecule has 0 aliphatic carbocycles. The summed E-state index contributed by atoms with van der Waals surface area (Å²) in [6, 6.07) is 5.89. The highest BCUT2D eigenvalue weighted by Gasteiger charge is 2.39. The number of allylic oxidation sites excluding steroid dienone is 5. The summed E-state index contributed by atoms with van der Waals surface area (Å²) in [4.78, 5) is 37.2. The lowest BCUT2D eigenvalue weighted by atomic mass is 9.80. The van der Waals surface area contributed by atoms with Gasteiger partial charge in [0.25, 0.3) is 5.69 Å². The molecular formula is C25H30N2O6. The van der Waals surface area contributed by atoms with Crippen LogP contribution in [0.5, 0.6) is 0 Å². The molecule has 1 heterocycles. The van der Waals surface area contributed by atoms with Gasteiger partial charge in [-0.2, -0.15) is 0 Å². The van der Waals surface area contributed by atoms with Crippen LogP contribution in [0.15, 0.2) is 71.1 Å². The van der Waals surface area contributed by atoms with Gasteiger partial charge in [0.1, 0.15) is 12.2 Å². The second kappa shape index (κ2) is 10.8. The maximum absolute atomic E-state index is 13.2. The molecule has 0 aromatic heterocycles. The predicted octanol–water partition coefficient (Wildman–Crippen LogP) is 4.85. The first-order valence-electron chi connectivity index (χ1n) is 10.6. The van der Waals surface area contributed by atoms with Crippen LogP contribution in [0.3, 0.4) is 0 Å². The van der Waals surface area contributed by atoms with E-state index in [1.54, 1.807) is 58.9 Å². The Morgan fingerprint density at radius 3 is 2.33 bits per heavy atom. The molecule has 1 atom stereocenters. The van der Waals surface area contributed by atoms with Crippen LogP contribution in [0.4, 0.5) is 5.69 Å². The molecule has 1 aromatic rings. The van der Waals surface area contributed by atoms with Crippen LogP contribution in [0.25, 0.3) is 0 Å². The van der Waals surface area contributed by atoms with Gasteiger partial charge in [0.2, 0.25) is 0 Å². The van der Waals surface area contributed by atoms with Gasteiger partial charge < -0.3 is 14.8 Å². The van der Waals surface area contributed by atoms with E-state index in [1.807, 2.05) is 13.0 Å². The number of hydrogen-bond donors (Lipinski definition) is 1. The molecule has 8 nitrogen and oxygen atoms in total. The van der Waals surface area contributed by atoms with Crippen LogP contribution in [-0.2, 0) is 19.1 Å². The highest BCUT2D eigenvalue weighted by Crippen LogP contribution is 2.40. The van der Waals surface area contributed by atoms with E-state index in [-0.39, 0.29) is 23.4 Å². The Balaban J connectivity index is 2.57. The second-order valence-electron chi connectivity index (χ2n) is 8.54. The fraction of sp³-hybridized carbons (Fsp3) is 0.360. The van der Waals surface area contributed by atoms with E-state index >= 15 is 0 Å². The van der Waals surface area contributed by atoms with Crippen molar-refractivity contribution in [3.63, 3.8) is 0 Å². The quantitative estimate of drug-likeness (QED) is 0.272. The van der Waals surface area contributed by atoms with E-state index in [9.17, 15) is 19.7 Å². The SMILES string of the molecule is C/C=C/C=C/COC(=O)C1=C(C)NC(C)=C(C(=O)OC(C)(C)C)C1c1cccc([N+](=O)[O-])c1. The van der Waals surface area contributed by atoms with Gasteiger partial charge in [-0.25, -0.2) is 9.59 Å². The zero-order valence-corrected chi connectivity index (χ0v) is 19.8. The average Bonchev–Trinajstić information content (AvgIpc) is 2.71. The number of nitro benzene ring substituents is 1. The molecule has 0 radical (unpaired) electrons. The first-order valence-corrected chi connectivity index (χ1v) is 10.6. The third kappa shape index (κ3) is 6.65. The standard InChI is InChI=1S/C25H30N2O6/c1-7-8-9-10-14-32-23(28)20-16(2)26-17(3)21(24(29)33-25(4,5)6)22(20)18-12-11-13-19(15-18)27(30)31/h7-13,15,22,26H,14H2,1-6H3/b8-7+,10-9+. The molecule has 0 amide bonds. The van der Waals surface area contributed by atoms with E-state index < -0.39 is 28.4 Å². The van der Waals surface area contributed by atoms with Crippen LogP contribution in [0, 0.1) is 10.1 Å². The number of dihydropyridines is 1. The zero-order valence-electron chi connectivity index (χ0n) is 19.8. The average molecular weight is 455 g/mol. The second-order valence-corrected chi connectivity index (χ2v) is 8.54. The van der Waals surface area contributed by atoms with Gasteiger partial charge in [-0.05, 0) is 53.2 Å². The molecule has 1 aromatic carbocycles. The van der Waals surface area contributed by atoms with Gasteiger partial charge >= 0.3 is 11.9 Å². The van der Waals surface area contributed by atoms with Gasteiger partial charge in [0, 0.05) is 23.5 Å². The molecule has 0 spiro atoms. The number of nitrogens with zero attached hydrogens (tertiary/aromatic N) is 1. The molecular weight excluding hydrogens is 424 g/mol. The summed E-state index contributed by atoms with van der Waals surface area (Å²) in [5.41, 5.74) is 0.899. The number of esters is 2. The number of carbonyl (C=O) groups is 2. The van der Waals surface area contributed by atoms with Gasteiger partial charge in [0.05, 0.1) is 22.0 Å². The topological polar surface area (TPSA) is 108 Å². The molecule has 1 aliphatic heterocycles. The van der Waals surface area contributed by atoms with E-state index in [2.05, 4.69) is 5.32 Å². The maximum Gasteiger partial charge on any atom is 0.337 e. The molecule has 0 saturated heterocycles. The smallest absolute Gasteiger partial charge is 0.337 e. The maximum atomic E-state index is 13.2. The van der Waals surface area contributed by atoms with Gasteiger partial charge in [-0.1, -0.05) is 30.4 Å². The Hall–Kier alpha value is -3.68. The molecule has 176 valence electrons. The molecule has 8 heteroatoms. The number of benzene rings is 1. The first-order chi connectivity index (χ1) is 15.5. The van der Waals surface area contributed by atoms with Crippen molar-refractivity contribution < 1.29 is 24.0 Å². The van der Waals surface area contributed by atoms with Crippen molar-refractivity contribution in [3.05, 3.63) is 86.8 Å². The number of non-ortho nitro benzene ring substituents is 1. The minimum absolute atomic E-state index is 0.0338. The Labute approximate surface area is 193 Å². The predicted molar refractivity (Wildman–Crippen MR) is 125 cm³/mol. The fourth-order valence-corrected chi connectivity index (χ4v) is 3.47. The Morgan fingerprint density at radius 1 is 1.12 bits per heavy atom. The number of nitro groups is 1. The molecule has 0 saturated carbocycles. The summed E-state index contributed by atoms with van der Waals surface area (Å²) in [5.74, 6) is -2.14. The lowest BCUT2D eigenvalue weighted by molar-refractivity contribution is -0.384. The molecule has 33 heavy (non-hydrogen) atoms. The van der Waals surface area contributed by atoms with Crippen molar-refractivity contribution >= 4 is 17.6 Å². The molecule has 1 N–H and O–H groups in total. The summed E-state index contributed by atoms with van der Waals surface area (Å²) in [7, 11) is 0. The highest BCUT2D eigenvalue weighted by molar-refractivity contribution is 6.00. The van der Waals surface area contributed by atoms with E-state index in [1.165, 1.54) is 18.2 Å². The monoisotopic (exact) mass is 454 g/mol. The summed E-state index contributed by atoms with van der Waals surface area (Å²) < 4.78 is 11.0. The van der Waals surface area contributed by atoms with Gasteiger partial charge in [0.15, 0.2) is 0 Å². The van der Waals surface area contributed by atoms with Crippen LogP contribution in [0.2, 0.25) is 0 Å². The Kier molecular flexibility index (Phi) is 8.34. The lowest BCUT2D eigenvalue weighted by Gasteiger charge is -2.32. The largest absolute Gasteiger partial charge is 0.458 e. The van der Waals surface area contributed by atoms with Crippen molar-refractivity contribution in [2.24, 2.45) is 0 Å². The van der Waals surface area contributed by atoms with Crippen molar-refractivity contribution in [1.29, 1.82) is 0 Å². The summed E-state index contributed by atoms with van der Waals surface area (Å²) in [5, 5.41) is 14.5. The third-order valence-corrected chi connectivity index (χ3v) is 4.76. The summed E-state index contributed by atoms with van der Waals surface area (Å²) in [6.45, 7) is 10.5. The van der Waals surface area contributed by atoms with Crippen molar-refractivity contribution in [2.75, 3.05) is 6.61 Å². The van der Waals surface area contributed by atoms with Crippen LogP contribution in [-0.4, -0.2) is 29.1 Å². The number of ether oxygens (including phenoxy) is 2. The number of carbonyl (C=O) groups excluding carboxylic acids is 2. The summed E-state index contributed by atoms with van der Waals surface area (Å²) >= 11 is 0. The first kappa shape index (κ1) is 25.6. The number of nitrogens with one attached hydrogen (secondary N) is 1. The minimum atomic E-state index is -0.895. The Morgan fingerprint density at radius 2 is 1.76 bits per heavy atom. The van der Waals surface area contributed by atoms with Gasteiger partial charge in [-0.15, -0.1) is 0 Å². The summed E-state index contributed by atoms with van der Waals surface area (Å²) in [6.07, 6.45) is 7.08. The van der Waals surface area contributed by atoms with E-state index in [0.717, 1.165) is 0 Å². The van der Waals surface area contributed by atoms with Crippen LogP contribution >= 0.6 is 0 Å². The number of rotatable bonds is 7. The van der Waals surface area contributed by atoms with Crippen molar-refractivity contribution in [3.8, 4) is 0 Å². The Bertz CT molecular complexity index is 1060. The zero-order chi connectivity index (χ0) is 24.8. The lowest BCUT2D eigenvalue weighted by Crippen LogP contribution is -2.35. The van der Waals surface area contributed by atoms with E-state index in [4.69, 9.17) is 9.47 Å². The normalized spacial score (nSPS) is 16.8. The molecule has 2 rings (SSSR count). The third-order valence-electron chi connectivity index (χ3n) is 4.76.